The quantitative estimate of drug-likeness (QED) is 0.616. The van der Waals surface area contributed by atoms with Crippen molar-refractivity contribution in [1.29, 1.82) is 0 Å². The predicted octanol–water partition coefficient (Wildman–Crippen LogP) is 5.28. The summed E-state index contributed by atoms with van der Waals surface area (Å²) in [4.78, 5) is 17.0. The maximum Gasteiger partial charge on any atom is 0.255 e. The van der Waals surface area contributed by atoms with E-state index in [1.165, 1.54) is 11.3 Å². The highest BCUT2D eigenvalue weighted by Gasteiger charge is 2.19. The third kappa shape index (κ3) is 4.70. The molecule has 0 aliphatic carbocycles. The Bertz CT molecular complexity index is 947. The lowest BCUT2D eigenvalue weighted by Crippen LogP contribution is -2.18. The van der Waals surface area contributed by atoms with Crippen LogP contribution in [0, 0.1) is 0 Å². The standard InChI is InChI=1S/C22H24N2O3S/c1-22(2,3)17-7-5-6-8-18(17)24-21(25)15-9-10-19(20(11-15)26-4)27-12-16-13-28-14-23-16/h5-11,13-14H,12H2,1-4H3,(H,24,25). The number of rotatable bonds is 6. The molecule has 3 aromatic rings. The number of ether oxygens (including phenoxy) is 2. The summed E-state index contributed by atoms with van der Waals surface area (Å²) in [5, 5.41) is 4.95. The number of carbonyl (C=O) groups is 1. The number of aromatic nitrogens is 1. The molecule has 146 valence electrons. The first-order chi connectivity index (χ1) is 13.4. The van der Waals surface area contributed by atoms with Gasteiger partial charge in [0.05, 0.1) is 18.3 Å². The molecular weight excluding hydrogens is 372 g/mol. The van der Waals surface area contributed by atoms with Crippen LogP contribution in [-0.4, -0.2) is 18.0 Å². The van der Waals surface area contributed by atoms with Crippen LogP contribution in [-0.2, 0) is 12.0 Å². The van der Waals surface area contributed by atoms with E-state index in [-0.39, 0.29) is 11.3 Å². The Hall–Kier alpha value is -2.86. The second kappa shape index (κ2) is 8.44. The Labute approximate surface area is 169 Å². The fourth-order valence-corrected chi connectivity index (χ4v) is 3.37. The zero-order valence-corrected chi connectivity index (χ0v) is 17.3. The molecule has 1 N–H and O–H groups in total. The van der Waals surface area contributed by atoms with Crippen molar-refractivity contribution < 1.29 is 14.3 Å². The van der Waals surface area contributed by atoms with Crippen molar-refractivity contribution in [2.45, 2.75) is 32.8 Å². The van der Waals surface area contributed by atoms with Crippen molar-refractivity contribution in [2.24, 2.45) is 0 Å². The van der Waals surface area contributed by atoms with E-state index in [1.807, 2.05) is 29.6 Å². The second-order valence-electron chi connectivity index (χ2n) is 7.38. The Morgan fingerprint density at radius 3 is 2.61 bits per heavy atom. The van der Waals surface area contributed by atoms with Gasteiger partial charge in [0.1, 0.15) is 6.61 Å². The van der Waals surface area contributed by atoms with Gasteiger partial charge in [-0.1, -0.05) is 39.0 Å². The molecule has 3 rings (SSSR count). The van der Waals surface area contributed by atoms with E-state index in [9.17, 15) is 4.79 Å². The number of anilines is 1. The lowest BCUT2D eigenvalue weighted by molar-refractivity contribution is 0.102. The molecular formula is C22H24N2O3S. The molecule has 0 atom stereocenters. The van der Waals surface area contributed by atoms with Crippen LogP contribution in [0.15, 0.2) is 53.4 Å². The number of nitrogens with zero attached hydrogens (tertiary/aromatic N) is 1. The van der Waals surface area contributed by atoms with E-state index < -0.39 is 0 Å². The van der Waals surface area contributed by atoms with Crippen LogP contribution in [0.5, 0.6) is 11.5 Å². The number of nitrogens with one attached hydrogen (secondary N) is 1. The smallest absolute Gasteiger partial charge is 0.255 e. The maximum absolute atomic E-state index is 12.8. The molecule has 6 heteroatoms. The van der Waals surface area contributed by atoms with Gasteiger partial charge in [0, 0.05) is 16.6 Å². The summed E-state index contributed by atoms with van der Waals surface area (Å²) in [5.41, 5.74) is 4.93. The molecule has 1 aromatic heterocycles. The molecule has 5 nitrogen and oxygen atoms in total. The number of para-hydroxylation sites is 1. The molecule has 1 heterocycles. The molecule has 0 bridgehead atoms. The minimum Gasteiger partial charge on any atom is -0.493 e. The third-order valence-corrected chi connectivity index (χ3v) is 4.90. The van der Waals surface area contributed by atoms with E-state index in [0.29, 0.717) is 23.7 Å². The topological polar surface area (TPSA) is 60.5 Å². The van der Waals surface area contributed by atoms with Crippen molar-refractivity contribution in [2.75, 3.05) is 12.4 Å². The lowest BCUT2D eigenvalue weighted by Gasteiger charge is -2.23. The van der Waals surface area contributed by atoms with Crippen LogP contribution in [0.25, 0.3) is 0 Å². The van der Waals surface area contributed by atoms with Crippen molar-refractivity contribution in [1.82, 2.24) is 4.98 Å². The lowest BCUT2D eigenvalue weighted by atomic mass is 9.86. The number of benzene rings is 2. The van der Waals surface area contributed by atoms with Gasteiger partial charge in [0.2, 0.25) is 0 Å². The van der Waals surface area contributed by atoms with Crippen LogP contribution >= 0.6 is 11.3 Å². The van der Waals surface area contributed by atoms with Crippen molar-refractivity contribution >= 4 is 22.9 Å². The molecule has 1 amide bonds. The monoisotopic (exact) mass is 396 g/mol. The molecule has 0 unspecified atom stereocenters. The summed E-state index contributed by atoms with van der Waals surface area (Å²) in [6, 6.07) is 13.0. The van der Waals surface area contributed by atoms with Crippen molar-refractivity contribution in [3.8, 4) is 11.5 Å². The first kappa shape index (κ1) is 19.9. The summed E-state index contributed by atoms with van der Waals surface area (Å²) in [6.07, 6.45) is 0. The van der Waals surface area contributed by atoms with Gasteiger partial charge in [-0.25, -0.2) is 4.98 Å². The zero-order valence-electron chi connectivity index (χ0n) is 16.5. The number of carbonyl (C=O) groups excluding carboxylic acids is 1. The van der Waals surface area contributed by atoms with Crippen LogP contribution in [0.2, 0.25) is 0 Å². The van der Waals surface area contributed by atoms with Gasteiger partial charge in [-0.15, -0.1) is 11.3 Å². The van der Waals surface area contributed by atoms with Crippen LogP contribution < -0.4 is 14.8 Å². The molecule has 0 aliphatic rings. The van der Waals surface area contributed by atoms with E-state index in [1.54, 1.807) is 30.8 Å². The van der Waals surface area contributed by atoms with Gasteiger partial charge in [-0.2, -0.15) is 0 Å². The number of hydrogen-bond acceptors (Lipinski definition) is 5. The Morgan fingerprint density at radius 1 is 1.14 bits per heavy atom. The molecule has 0 saturated carbocycles. The summed E-state index contributed by atoms with van der Waals surface area (Å²) in [5.74, 6) is 0.884. The average Bonchev–Trinajstić information content (AvgIpc) is 3.19. The van der Waals surface area contributed by atoms with Crippen LogP contribution in [0.4, 0.5) is 5.69 Å². The summed E-state index contributed by atoms with van der Waals surface area (Å²) >= 11 is 1.52. The molecule has 2 aromatic carbocycles. The molecule has 0 fully saturated rings. The molecule has 0 aliphatic heterocycles. The normalized spacial score (nSPS) is 11.1. The summed E-state index contributed by atoms with van der Waals surface area (Å²) in [6.45, 7) is 6.71. The fourth-order valence-electron chi connectivity index (χ4n) is 2.83. The van der Waals surface area contributed by atoms with Gasteiger partial charge >= 0.3 is 0 Å². The highest BCUT2D eigenvalue weighted by Crippen LogP contribution is 2.31. The van der Waals surface area contributed by atoms with Gasteiger partial charge in [0.25, 0.3) is 5.91 Å². The van der Waals surface area contributed by atoms with Gasteiger partial charge in [-0.3, -0.25) is 4.79 Å². The molecule has 0 spiro atoms. The van der Waals surface area contributed by atoms with E-state index in [4.69, 9.17) is 9.47 Å². The molecule has 0 radical (unpaired) electrons. The van der Waals surface area contributed by atoms with Gasteiger partial charge in [-0.05, 0) is 35.2 Å². The minimum absolute atomic E-state index is 0.0745. The molecule has 0 saturated heterocycles. The average molecular weight is 397 g/mol. The summed E-state index contributed by atoms with van der Waals surface area (Å²) < 4.78 is 11.2. The minimum atomic E-state index is -0.193. The number of hydrogen-bond donors (Lipinski definition) is 1. The van der Waals surface area contributed by atoms with E-state index in [0.717, 1.165) is 16.9 Å². The summed E-state index contributed by atoms with van der Waals surface area (Å²) in [7, 11) is 1.56. The van der Waals surface area contributed by atoms with Crippen molar-refractivity contribution in [3.05, 3.63) is 70.2 Å². The van der Waals surface area contributed by atoms with E-state index in [2.05, 4.69) is 31.1 Å². The molecule has 28 heavy (non-hydrogen) atoms. The van der Waals surface area contributed by atoms with Crippen LogP contribution in [0.1, 0.15) is 42.4 Å². The predicted molar refractivity (Wildman–Crippen MR) is 113 cm³/mol. The Balaban J connectivity index is 1.77. The maximum atomic E-state index is 12.8. The number of methoxy groups -OCH3 is 1. The van der Waals surface area contributed by atoms with Crippen LogP contribution in [0.3, 0.4) is 0 Å². The highest BCUT2D eigenvalue weighted by molar-refractivity contribution is 7.07. The van der Waals surface area contributed by atoms with E-state index >= 15 is 0 Å². The first-order valence-electron chi connectivity index (χ1n) is 8.97. The fraction of sp³-hybridized carbons (Fsp3) is 0.273. The number of thiazole rings is 1. The van der Waals surface area contributed by atoms with Crippen molar-refractivity contribution in [3.63, 3.8) is 0 Å². The van der Waals surface area contributed by atoms with Gasteiger partial charge in [0.15, 0.2) is 11.5 Å². The second-order valence-corrected chi connectivity index (χ2v) is 8.10. The first-order valence-corrected chi connectivity index (χ1v) is 9.91. The largest absolute Gasteiger partial charge is 0.493 e. The third-order valence-electron chi connectivity index (χ3n) is 4.27. The highest BCUT2D eigenvalue weighted by atomic mass is 32.1. The Morgan fingerprint density at radius 2 is 1.93 bits per heavy atom. The number of amides is 1. The Kier molecular flexibility index (Phi) is 5.99. The van der Waals surface area contributed by atoms with Gasteiger partial charge < -0.3 is 14.8 Å². The SMILES string of the molecule is COc1cc(C(=O)Nc2ccccc2C(C)(C)C)ccc1OCc1cscn1. The zero-order chi connectivity index (χ0) is 20.1.